The Morgan fingerprint density at radius 3 is 2.23 bits per heavy atom. The Hall–Kier alpha value is -1.29. The summed E-state index contributed by atoms with van der Waals surface area (Å²) >= 11 is 0. The van der Waals surface area contributed by atoms with Crippen LogP contribution in [-0.2, 0) is 19.0 Å². The molecule has 0 amide bonds. The molecule has 2 fully saturated rings. The molecule has 0 bridgehead atoms. The molecule has 0 radical (unpaired) electrons. The van der Waals surface area contributed by atoms with Gasteiger partial charge in [-0.2, -0.15) is 0 Å². The van der Waals surface area contributed by atoms with E-state index in [2.05, 4.69) is 15.0 Å². The van der Waals surface area contributed by atoms with Gasteiger partial charge < -0.3 is 54.8 Å². The fourth-order valence-corrected chi connectivity index (χ4v) is 2.75. The highest BCUT2D eigenvalue weighted by Gasteiger charge is 2.58. The van der Waals surface area contributed by atoms with Crippen molar-refractivity contribution in [1.82, 2.24) is 0 Å². The van der Waals surface area contributed by atoms with Crippen LogP contribution in [0.4, 0.5) is 0 Å². The third-order valence-electron chi connectivity index (χ3n) is 4.22. The number of hydrogen-bond donors (Lipinski definition) is 7. The summed E-state index contributed by atoms with van der Waals surface area (Å²) in [4.78, 5) is 6.82. The van der Waals surface area contributed by atoms with E-state index in [0.717, 1.165) is 0 Å². The summed E-state index contributed by atoms with van der Waals surface area (Å²) in [6.07, 6.45) is -13.0. The molecule has 2 rings (SSSR count). The molecular weight excluding hydrogens is 362 g/mol. The summed E-state index contributed by atoms with van der Waals surface area (Å²) in [5.41, 5.74) is 8.17. The minimum atomic E-state index is -2.27. The summed E-state index contributed by atoms with van der Waals surface area (Å²) in [5, 5.41) is 71.2. The summed E-state index contributed by atoms with van der Waals surface area (Å²) in [6.45, 7) is -2.19. The fraction of sp³-hybridized carbons (Fsp3) is 1.00. The minimum absolute atomic E-state index is 0.508. The first kappa shape index (κ1) is 21.0. The van der Waals surface area contributed by atoms with E-state index in [0.29, 0.717) is 0 Å². The first-order chi connectivity index (χ1) is 12.3. The van der Waals surface area contributed by atoms with E-state index in [1.165, 1.54) is 0 Å². The van der Waals surface area contributed by atoms with Crippen molar-refractivity contribution in [3.63, 3.8) is 0 Å². The molecule has 150 valence electrons. The standard InChI is InChI=1S/C12H21N3O11/c13-14-15-23-2-5-6(18)8(20)9(21)11(24-5)26-12(3-17)10(22)7(19)4(1-16)25-12/h4-11,16-22H,1-3H2/t4-,5-,6-,7-,8+,9-,10+,11-,12+/m1/s1. The molecule has 0 unspecified atom stereocenters. The lowest BCUT2D eigenvalue weighted by molar-refractivity contribution is -0.384. The molecule has 0 aromatic carbocycles. The van der Waals surface area contributed by atoms with Gasteiger partial charge in [-0.15, -0.1) is 0 Å². The molecule has 7 N–H and O–H groups in total. The smallest absolute Gasteiger partial charge is 0.224 e. The quantitative estimate of drug-likeness (QED) is 0.0965. The lowest BCUT2D eigenvalue weighted by Gasteiger charge is -2.43. The zero-order chi connectivity index (χ0) is 19.5. The Morgan fingerprint density at radius 2 is 1.69 bits per heavy atom. The van der Waals surface area contributed by atoms with Crippen molar-refractivity contribution in [3.05, 3.63) is 10.4 Å². The second-order valence-corrected chi connectivity index (χ2v) is 5.84. The highest BCUT2D eigenvalue weighted by Crippen LogP contribution is 2.35. The van der Waals surface area contributed by atoms with Crippen molar-refractivity contribution in [2.24, 2.45) is 5.28 Å². The Labute approximate surface area is 146 Å². The lowest BCUT2D eigenvalue weighted by Crippen LogP contribution is -2.62. The first-order valence-electron chi connectivity index (χ1n) is 7.60. The van der Waals surface area contributed by atoms with Crippen LogP contribution in [0.2, 0.25) is 0 Å². The van der Waals surface area contributed by atoms with Gasteiger partial charge in [0.15, 0.2) is 6.29 Å². The van der Waals surface area contributed by atoms with Crippen LogP contribution in [-0.4, -0.2) is 110 Å². The van der Waals surface area contributed by atoms with Crippen molar-refractivity contribution in [2.45, 2.75) is 54.8 Å². The van der Waals surface area contributed by atoms with Gasteiger partial charge in [0.05, 0.1) is 6.61 Å². The highest BCUT2D eigenvalue weighted by atomic mass is 16.8. The molecule has 26 heavy (non-hydrogen) atoms. The van der Waals surface area contributed by atoms with E-state index in [1.807, 2.05) is 0 Å². The van der Waals surface area contributed by atoms with Gasteiger partial charge in [-0.05, 0) is 5.53 Å². The third-order valence-corrected chi connectivity index (χ3v) is 4.22. The van der Waals surface area contributed by atoms with Crippen LogP contribution < -0.4 is 0 Å². The predicted molar refractivity (Wildman–Crippen MR) is 76.7 cm³/mol. The van der Waals surface area contributed by atoms with Gasteiger partial charge in [0.25, 0.3) is 0 Å². The van der Waals surface area contributed by atoms with Crippen LogP contribution in [0, 0.1) is 0 Å². The van der Waals surface area contributed by atoms with Crippen LogP contribution in [0.15, 0.2) is 5.28 Å². The Morgan fingerprint density at radius 1 is 1.00 bits per heavy atom. The molecule has 2 aliphatic rings. The number of rotatable bonds is 7. The summed E-state index contributed by atoms with van der Waals surface area (Å²) in [6, 6.07) is 0. The zero-order valence-electron chi connectivity index (χ0n) is 13.3. The Bertz CT molecular complexity index is 521. The maximum atomic E-state index is 10.1. The van der Waals surface area contributed by atoms with Crippen molar-refractivity contribution in [1.29, 1.82) is 0 Å². The Balaban J connectivity index is 2.15. The summed E-state index contributed by atoms with van der Waals surface area (Å²) < 4.78 is 15.7. The van der Waals surface area contributed by atoms with Crippen molar-refractivity contribution < 1.29 is 54.8 Å². The van der Waals surface area contributed by atoms with Crippen LogP contribution in [0.25, 0.3) is 10.4 Å². The molecule has 0 saturated carbocycles. The maximum Gasteiger partial charge on any atom is 0.224 e. The number of ether oxygens (including phenoxy) is 3. The number of aliphatic hydroxyl groups is 7. The number of hydrogen-bond acceptors (Lipinski definition) is 12. The molecule has 0 aromatic heterocycles. The molecule has 9 atom stereocenters. The van der Waals surface area contributed by atoms with Gasteiger partial charge in [0.2, 0.25) is 5.79 Å². The highest BCUT2D eigenvalue weighted by molar-refractivity contribution is 4.98. The SMILES string of the molecule is [N-]=[N+]=NOC[C@H]1O[C@H](O[C@]2(CO)O[C@H](CO)[C@@H](O)[C@@H]2O)[C@H](O)[C@@H](O)[C@@H]1O. The molecule has 2 heterocycles. The molecule has 0 aromatic rings. The van der Waals surface area contributed by atoms with Gasteiger partial charge in [0, 0.05) is 4.91 Å². The zero-order valence-corrected chi connectivity index (χ0v) is 13.3. The monoisotopic (exact) mass is 383 g/mol. The van der Waals surface area contributed by atoms with Crippen molar-refractivity contribution in [2.75, 3.05) is 19.8 Å². The Kier molecular flexibility index (Phi) is 6.95. The van der Waals surface area contributed by atoms with Gasteiger partial charge in [0.1, 0.15) is 61.2 Å². The molecule has 0 spiro atoms. The summed E-state index contributed by atoms with van der Waals surface area (Å²) in [7, 11) is 0. The van der Waals surface area contributed by atoms with E-state index >= 15 is 0 Å². The van der Waals surface area contributed by atoms with Crippen LogP contribution >= 0.6 is 0 Å². The van der Waals surface area contributed by atoms with Crippen LogP contribution in [0.3, 0.4) is 0 Å². The minimum Gasteiger partial charge on any atom is -0.431 e. The first-order valence-corrected chi connectivity index (χ1v) is 7.60. The average molecular weight is 383 g/mol. The van der Waals surface area contributed by atoms with Crippen LogP contribution in [0.5, 0.6) is 0 Å². The van der Waals surface area contributed by atoms with Gasteiger partial charge >= 0.3 is 0 Å². The van der Waals surface area contributed by atoms with E-state index < -0.39 is 74.6 Å². The third kappa shape index (κ3) is 3.85. The number of nitrogens with zero attached hydrogens (tertiary/aromatic N) is 3. The average Bonchev–Trinajstić information content (AvgIpc) is 2.88. The predicted octanol–water partition coefficient (Wildman–Crippen LogP) is -4.15. The fourth-order valence-electron chi connectivity index (χ4n) is 2.75. The number of azide groups is 1. The lowest BCUT2D eigenvalue weighted by atomic mass is 9.99. The van der Waals surface area contributed by atoms with Crippen LogP contribution in [0.1, 0.15) is 0 Å². The largest absolute Gasteiger partial charge is 0.431 e. The molecule has 14 nitrogen and oxygen atoms in total. The molecular formula is C12H21N3O11. The van der Waals surface area contributed by atoms with Crippen molar-refractivity contribution in [3.8, 4) is 0 Å². The van der Waals surface area contributed by atoms with E-state index in [9.17, 15) is 30.6 Å². The summed E-state index contributed by atoms with van der Waals surface area (Å²) in [5.74, 6) is -2.27. The van der Waals surface area contributed by atoms with E-state index in [1.54, 1.807) is 0 Å². The molecule has 2 aliphatic heterocycles. The normalized spacial score (nSPS) is 46.0. The maximum absolute atomic E-state index is 10.1. The van der Waals surface area contributed by atoms with Gasteiger partial charge in [-0.25, -0.2) is 0 Å². The van der Waals surface area contributed by atoms with Crippen molar-refractivity contribution >= 4 is 0 Å². The van der Waals surface area contributed by atoms with Gasteiger partial charge in [-0.1, -0.05) is 0 Å². The second-order valence-electron chi connectivity index (χ2n) is 5.84. The van der Waals surface area contributed by atoms with Gasteiger partial charge in [-0.3, -0.25) is 0 Å². The number of aliphatic hydroxyl groups excluding tert-OH is 7. The van der Waals surface area contributed by atoms with E-state index in [4.69, 9.17) is 24.8 Å². The van der Waals surface area contributed by atoms with E-state index in [-0.39, 0.29) is 0 Å². The topological polar surface area (TPSA) is 227 Å². The second kappa shape index (κ2) is 8.60. The molecule has 2 saturated heterocycles. The molecule has 0 aliphatic carbocycles. The molecule has 14 heteroatoms.